The Morgan fingerprint density at radius 1 is 1.10 bits per heavy atom. The molecule has 21 heavy (non-hydrogen) atoms. The Balaban J connectivity index is 2.12. The summed E-state index contributed by atoms with van der Waals surface area (Å²) in [6.45, 7) is 3.88. The Morgan fingerprint density at radius 3 is 2.38 bits per heavy atom. The van der Waals surface area contributed by atoms with E-state index in [0.717, 1.165) is 21.2 Å². The Bertz CT molecular complexity index is 769. The van der Waals surface area contributed by atoms with Gasteiger partial charge in [0.15, 0.2) is 0 Å². The molecule has 0 heterocycles. The maximum absolute atomic E-state index is 12.0. The fourth-order valence-corrected chi connectivity index (χ4v) is 2.82. The number of sulfonamides is 1. The lowest BCUT2D eigenvalue weighted by atomic mass is 10.2. The third kappa shape index (κ3) is 4.15. The van der Waals surface area contributed by atoms with E-state index in [1.807, 2.05) is 32.0 Å². The van der Waals surface area contributed by atoms with E-state index in [0.29, 0.717) is 0 Å². The fraction of sp³-hybridized carbons (Fsp3) is 0.133. The molecule has 0 aliphatic carbocycles. The van der Waals surface area contributed by atoms with E-state index in [1.165, 1.54) is 6.21 Å². The van der Waals surface area contributed by atoms with Crippen LogP contribution in [0.5, 0.6) is 0 Å². The standard InChI is InChI=1S/C15H15BrN2O2S/c1-11-3-7-14(8-4-11)21(19,20)18-17-10-13-6-5-12(2)15(16)9-13/h3-10,18H,1-2H3/b17-10+. The highest BCUT2D eigenvalue weighted by Crippen LogP contribution is 2.16. The molecular formula is C15H15BrN2O2S. The first-order valence-corrected chi connectivity index (χ1v) is 8.54. The molecule has 0 unspecified atom stereocenters. The van der Waals surface area contributed by atoms with Gasteiger partial charge in [-0.1, -0.05) is 45.8 Å². The second-order valence-electron chi connectivity index (χ2n) is 4.67. The minimum Gasteiger partial charge on any atom is -0.200 e. The average Bonchev–Trinajstić information content (AvgIpc) is 2.43. The van der Waals surface area contributed by atoms with E-state index in [4.69, 9.17) is 0 Å². The van der Waals surface area contributed by atoms with Crippen LogP contribution in [0.2, 0.25) is 0 Å². The zero-order chi connectivity index (χ0) is 15.5. The van der Waals surface area contributed by atoms with E-state index >= 15 is 0 Å². The minimum absolute atomic E-state index is 0.190. The molecule has 0 spiro atoms. The molecule has 0 aromatic heterocycles. The van der Waals surface area contributed by atoms with Crippen LogP contribution in [0, 0.1) is 13.8 Å². The van der Waals surface area contributed by atoms with Crippen LogP contribution in [0.15, 0.2) is 56.9 Å². The number of hydrogen-bond acceptors (Lipinski definition) is 3. The molecule has 0 aliphatic rings. The molecule has 0 aliphatic heterocycles. The fourth-order valence-electron chi connectivity index (χ4n) is 1.63. The van der Waals surface area contributed by atoms with E-state index in [9.17, 15) is 8.42 Å². The average molecular weight is 367 g/mol. The number of benzene rings is 2. The van der Waals surface area contributed by atoms with Gasteiger partial charge in [-0.25, -0.2) is 4.83 Å². The number of aryl methyl sites for hydroxylation is 2. The quantitative estimate of drug-likeness (QED) is 0.665. The Kier molecular flexibility index (Phi) is 4.80. The van der Waals surface area contributed by atoms with E-state index < -0.39 is 10.0 Å². The topological polar surface area (TPSA) is 58.5 Å². The normalized spacial score (nSPS) is 11.8. The maximum Gasteiger partial charge on any atom is 0.276 e. The summed E-state index contributed by atoms with van der Waals surface area (Å²) in [6.07, 6.45) is 1.47. The number of halogens is 1. The molecule has 0 atom stereocenters. The summed E-state index contributed by atoms with van der Waals surface area (Å²) in [7, 11) is -3.63. The van der Waals surface area contributed by atoms with Crippen molar-refractivity contribution >= 4 is 32.2 Å². The van der Waals surface area contributed by atoms with Crippen LogP contribution < -0.4 is 4.83 Å². The van der Waals surface area contributed by atoms with Crippen molar-refractivity contribution in [3.8, 4) is 0 Å². The van der Waals surface area contributed by atoms with Gasteiger partial charge in [0.05, 0.1) is 11.1 Å². The molecule has 2 aromatic carbocycles. The van der Waals surface area contributed by atoms with Crippen molar-refractivity contribution in [1.82, 2.24) is 4.83 Å². The molecule has 6 heteroatoms. The summed E-state index contributed by atoms with van der Waals surface area (Å²) >= 11 is 3.42. The largest absolute Gasteiger partial charge is 0.276 e. The Morgan fingerprint density at radius 2 is 1.76 bits per heavy atom. The second-order valence-corrected chi connectivity index (χ2v) is 7.19. The van der Waals surface area contributed by atoms with Crippen LogP contribution in [0.3, 0.4) is 0 Å². The van der Waals surface area contributed by atoms with Crippen LogP contribution in [-0.2, 0) is 10.0 Å². The zero-order valence-corrected chi connectivity index (χ0v) is 14.1. The van der Waals surface area contributed by atoms with E-state index in [1.54, 1.807) is 24.3 Å². The third-order valence-corrected chi connectivity index (χ3v) is 5.01. The minimum atomic E-state index is -3.63. The third-order valence-electron chi connectivity index (χ3n) is 2.91. The van der Waals surface area contributed by atoms with Gasteiger partial charge in [-0.2, -0.15) is 13.5 Å². The van der Waals surface area contributed by atoms with Crippen molar-refractivity contribution in [2.75, 3.05) is 0 Å². The molecule has 0 radical (unpaired) electrons. The summed E-state index contributed by atoms with van der Waals surface area (Å²) in [5.41, 5.74) is 2.91. The SMILES string of the molecule is Cc1ccc(S(=O)(=O)N/N=C/c2ccc(C)c(Br)c2)cc1. The van der Waals surface area contributed by atoms with Crippen molar-refractivity contribution in [2.24, 2.45) is 5.10 Å². The predicted octanol–water partition coefficient (Wildman–Crippen LogP) is 3.38. The van der Waals surface area contributed by atoms with Crippen molar-refractivity contribution in [3.63, 3.8) is 0 Å². The van der Waals surface area contributed by atoms with Crippen LogP contribution in [0.4, 0.5) is 0 Å². The van der Waals surface area contributed by atoms with Crippen molar-refractivity contribution in [2.45, 2.75) is 18.7 Å². The van der Waals surface area contributed by atoms with Crippen LogP contribution in [-0.4, -0.2) is 14.6 Å². The summed E-state index contributed by atoms with van der Waals surface area (Å²) in [4.78, 5) is 2.39. The molecule has 0 saturated heterocycles. The first kappa shape index (κ1) is 15.7. The molecule has 2 aromatic rings. The number of nitrogens with zero attached hydrogens (tertiary/aromatic N) is 1. The molecule has 0 amide bonds. The number of rotatable bonds is 4. The highest BCUT2D eigenvalue weighted by Gasteiger charge is 2.11. The lowest BCUT2D eigenvalue weighted by Gasteiger charge is -2.04. The Hall–Kier alpha value is -1.66. The number of hydrazone groups is 1. The zero-order valence-electron chi connectivity index (χ0n) is 11.7. The highest BCUT2D eigenvalue weighted by molar-refractivity contribution is 9.10. The first-order chi connectivity index (χ1) is 9.88. The first-order valence-electron chi connectivity index (χ1n) is 6.26. The molecule has 4 nitrogen and oxygen atoms in total. The van der Waals surface area contributed by atoms with E-state index in [-0.39, 0.29) is 4.90 Å². The smallest absolute Gasteiger partial charge is 0.200 e. The van der Waals surface area contributed by atoms with Gasteiger partial charge in [0, 0.05) is 4.47 Å². The van der Waals surface area contributed by atoms with Gasteiger partial charge in [-0.05, 0) is 43.2 Å². The van der Waals surface area contributed by atoms with Gasteiger partial charge < -0.3 is 0 Å². The molecular weight excluding hydrogens is 352 g/mol. The van der Waals surface area contributed by atoms with Crippen LogP contribution in [0.25, 0.3) is 0 Å². The van der Waals surface area contributed by atoms with Gasteiger partial charge in [0.2, 0.25) is 0 Å². The monoisotopic (exact) mass is 366 g/mol. The summed E-state index contributed by atoms with van der Waals surface area (Å²) in [6, 6.07) is 12.3. The molecule has 2 rings (SSSR count). The van der Waals surface area contributed by atoms with Gasteiger partial charge in [-0.3, -0.25) is 0 Å². The number of hydrogen-bond donors (Lipinski definition) is 1. The van der Waals surface area contributed by atoms with Crippen LogP contribution in [0.1, 0.15) is 16.7 Å². The number of nitrogens with one attached hydrogen (secondary N) is 1. The van der Waals surface area contributed by atoms with Gasteiger partial charge >= 0.3 is 0 Å². The summed E-state index contributed by atoms with van der Waals surface area (Å²) in [5.74, 6) is 0. The molecule has 0 fully saturated rings. The molecule has 1 N–H and O–H groups in total. The van der Waals surface area contributed by atoms with Crippen molar-refractivity contribution in [1.29, 1.82) is 0 Å². The van der Waals surface area contributed by atoms with Gasteiger partial charge in [0.25, 0.3) is 10.0 Å². The van der Waals surface area contributed by atoms with Gasteiger partial charge in [-0.15, -0.1) is 0 Å². The highest BCUT2D eigenvalue weighted by atomic mass is 79.9. The van der Waals surface area contributed by atoms with E-state index in [2.05, 4.69) is 25.9 Å². The Labute approximate surface area is 133 Å². The molecule has 0 saturated carbocycles. The van der Waals surface area contributed by atoms with Gasteiger partial charge in [0.1, 0.15) is 0 Å². The summed E-state index contributed by atoms with van der Waals surface area (Å²) < 4.78 is 25.0. The summed E-state index contributed by atoms with van der Waals surface area (Å²) in [5, 5.41) is 3.80. The van der Waals surface area contributed by atoms with Crippen molar-refractivity contribution < 1.29 is 8.42 Å². The lowest BCUT2D eigenvalue weighted by Crippen LogP contribution is -2.18. The molecule has 110 valence electrons. The maximum atomic E-state index is 12.0. The predicted molar refractivity (Wildman–Crippen MR) is 88.0 cm³/mol. The lowest BCUT2D eigenvalue weighted by molar-refractivity contribution is 0.584. The van der Waals surface area contributed by atoms with Crippen molar-refractivity contribution in [3.05, 3.63) is 63.6 Å². The second kappa shape index (κ2) is 6.41. The molecule has 0 bridgehead atoms. The van der Waals surface area contributed by atoms with Crippen LogP contribution >= 0.6 is 15.9 Å².